The summed E-state index contributed by atoms with van der Waals surface area (Å²) in [5.74, 6) is -0.224. The van der Waals surface area contributed by atoms with E-state index in [1.165, 1.54) is 6.08 Å². The predicted octanol–water partition coefficient (Wildman–Crippen LogP) is 1.59. The largest absolute Gasteiger partial charge is 0.355 e. The summed E-state index contributed by atoms with van der Waals surface area (Å²) in [7, 11) is 1.59. The summed E-state index contributed by atoms with van der Waals surface area (Å²) in [4.78, 5) is 22.7. The van der Waals surface area contributed by atoms with Crippen molar-refractivity contribution in [2.75, 3.05) is 13.6 Å². The van der Waals surface area contributed by atoms with Crippen LogP contribution in [0.2, 0.25) is 0 Å². The molecule has 1 rings (SSSR count). The zero-order chi connectivity index (χ0) is 13.4. The van der Waals surface area contributed by atoms with Crippen LogP contribution in [0.4, 0.5) is 0 Å². The van der Waals surface area contributed by atoms with Crippen LogP contribution >= 0.6 is 0 Å². The Morgan fingerprint density at radius 1 is 1.22 bits per heavy atom. The number of benzene rings is 1. The van der Waals surface area contributed by atoms with Crippen molar-refractivity contribution >= 4 is 17.9 Å². The maximum atomic E-state index is 11.3. The molecule has 18 heavy (non-hydrogen) atoms. The van der Waals surface area contributed by atoms with Crippen LogP contribution < -0.4 is 10.6 Å². The number of hydrogen-bond donors (Lipinski definition) is 2. The van der Waals surface area contributed by atoms with E-state index in [1.807, 2.05) is 6.92 Å². The van der Waals surface area contributed by atoms with Gasteiger partial charge in [-0.15, -0.1) is 0 Å². The molecule has 0 radical (unpaired) electrons. The second-order valence-corrected chi connectivity index (χ2v) is 3.83. The molecule has 0 spiro atoms. The molecule has 0 bridgehead atoms. The second-order valence-electron chi connectivity index (χ2n) is 3.83. The van der Waals surface area contributed by atoms with Crippen LogP contribution in [-0.4, -0.2) is 25.4 Å². The van der Waals surface area contributed by atoms with Crippen molar-refractivity contribution in [2.45, 2.75) is 13.3 Å². The molecule has 4 nitrogen and oxygen atoms in total. The van der Waals surface area contributed by atoms with E-state index < -0.39 is 0 Å². The van der Waals surface area contributed by atoms with Gasteiger partial charge in [0.1, 0.15) is 0 Å². The van der Waals surface area contributed by atoms with Gasteiger partial charge in [-0.1, -0.05) is 19.1 Å². The van der Waals surface area contributed by atoms with Crippen molar-refractivity contribution in [3.63, 3.8) is 0 Å². The topological polar surface area (TPSA) is 58.2 Å². The fourth-order valence-corrected chi connectivity index (χ4v) is 1.37. The van der Waals surface area contributed by atoms with E-state index in [1.54, 1.807) is 37.4 Å². The molecule has 0 atom stereocenters. The molecular formula is C14H18N2O2. The van der Waals surface area contributed by atoms with E-state index in [4.69, 9.17) is 0 Å². The summed E-state index contributed by atoms with van der Waals surface area (Å²) in [5.41, 5.74) is 1.49. The summed E-state index contributed by atoms with van der Waals surface area (Å²) in [5, 5.41) is 5.30. The highest BCUT2D eigenvalue weighted by Gasteiger charge is 2.01. The molecule has 1 aromatic rings. The molecule has 2 N–H and O–H groups in total. The van der Waals surface area contributed by atoms with Gasteiger partial charge in [0, 0.05) is 25.2 Å². The van der Waals surface area contributed by atoms with Gasteiger partial charge in [0.05, 0.1) is 0 Å². The van der Waals surface area contributed by atoms with E-state index in [-0.39, 0.29) is 11.8 Å². The SMILES string of the molecule is CCCNC(=O)/C=C/c1ccc(C(=O)NC)cc1. The molecule has 96 valence electrons. The Morgan fingerprint density at radius 3 is 2.44 bits per heavy atom. The van der Waals surface area contributed by atoms with Gasteiger partial charge in [-0.05, 0) is 30.2 Å². The lowest BCUT2D eigenvalue weighted by Gasteiger charge is -2.00. The van der Waals surface area contributed by atoms with E-state index in [0.717, 1.165) is 12.0 Å². The van der Waals surface area contributed by atoms with Crippen LogP contribution in [0.1, 0.15) is 29.3 Å². The first kappa shape index (κ1) is 14.0. The average Bonchev–Trinajstić information content (AvgIpc) is 2.42. The summed E-state index contributed by atoms with van der Waals surface area (Å²) in [6.45, 7) is 2.68. The van der Waals surface area contributed by atoms with Crippen LogP contribution in [0.3, 0.4) is 0 Å². The highest BCUT2D eigenvalue weighted by atomic mass is 16.2. The fraction of sp³-hybridized carbons (Fsp3) is 0.286. The Kier molecular flexibility index (Phi) is 5.64. The van der Waals surface area contributed by atoms with Crippen molar-refractivity contribution in [1.82, 2.24) is 10.6 Å². The van der Waals surface area contributed by atoms with Gasteiger partial charge >= 0.3 is 0 Å². The molecule has 0 heterocycles. The number of hydrogen-bond acceptors (Lipinski definition) is 2. The smallest absolute Gasteiger partial charge is 0.251 e. The molecular weight excluding hydrogens is 228 g/mol. The van der Waals surface area contributed by atoms with Crippen LogP contribution in [0, 0.1) is 0 Å². The van der Waals surface area contributed by atoms with E-state index in [2.05, 4.69) is 10.6 Å². The molecule has 1 aromatic carbocycles. The zero-order valence-corrected chi connectivity index (χ0v) is 10.7. The monoisotopic (exact) mass is 246 g/mol. The molecule has 0 aliphatic heterocycles. The lowest BCUT2D eigenvalue weighted by molar-refractivity contribution is -0.116. The minimum Gasteiger partial charge on any atom is -0.355 e. The highest BCUT2D eigenvalue weighted by molar-refractivity contribution is 5.94. The van der Waals surface area contributed by atoms with Gasteiger partial charge in [0.2, 0.25) is 5.91 Å². The number of amides is 2. The minimum atomic E-state index is -0.119. The van der Waals surface area contributed by atoms with Crippen molar-refractivity contribution in [3.05, 3.63) is 41.5 Å². The summed E-state index contributed by atoms with van der Waals surface area (Å²) in [6, 6.07) is 7.05. The van der Waals surface area contributed by atoms with E-state index in [9.17, 15) is 9.59 Å². The van der Waals surface area contributed by atoms with Crippen molar-refractivity contribution in [1.29, 1.82) is 0 Å². The normalized spacial score (nSPS) is 10.3. The predicted molar refractivity (Wildman–Crippen MR) is 72.2 cm³/mol. The van der Waals surface area contributed by atoms with Gasteiger partial charge < -0.3 is 10.6 Å². The van der Waals surface area contributed by atoms with Crippen LogP contribution in [0.25, 0.3) is 6.08 Å². The zero-order valence-electron chi connectivity index (χ0n) is 10.7. The standard InChI is InChI=1S/C14H18N2O2/c1-3-10-16-13(17)9-6-11-4-7-12(8-5-11)14(18)15-2/h4-9H,3,10H2,1-2H3,(H,15,18)(H,16,17)/b9-6+. The maximum Gasteiger partial charge on any atom is 0.251 e. The number of carbonyl (C=O) groups is 2. The van der Waals surface area contributed by atoms with Gasteiger partial charge in [-0.25, -0.2) is 0 Å². The molecule has 0 saturated carbocycles. The van der Waals surface area contributed by atoms with Crippen molar-refractivity contribution in [3.8, 4) is 0 Å². The first-order chi connectivity index (χ1) is 8.67. The van der Waals surface area contributed by atoms with Gasteiger partial charge in [0.15, 0.2) is 0 Å². The summed E-state index contributed by atoms with van der Waals surface area (Å²) >= 11 is 0. The molecule has 0 fully saturated rings. The molecule has 0 aliphatic carbocycles. The lowest BCUT2D eigenvalue weighted by atomic mass is 10.1. The Labute approximate surface area is 107 Å². The highest BCUT2D eigenvalue weighted by Crippen LogP contribution is 2.06. The van der Waals surface area contributed by atoms with Crippen molar-refractivity contribution < 1.29 is 9.59 Å². The van der Waals surface area contributed by atoms with Gasteiger partial charge in [-0.2, -0.15) is 0 Å². The minimum absolute atomic E-state index is 0.104. The Morgan fingerprint density at radius 2 is 1.89 bits per heavy atom. The van der Waals surface area contributed by atoms with Crippen LogP contribution in [-0.2, 0) is 4.79 Å². The van der Waals surface area contributed by atoms with Crippen LogP contribution in [0.15, 0.2) is 30.3 Å². The first-order valence-corrected chi connectivity index (χ1v) is 5.95. The van der Waals surface area contributed by atoms with E-state index in [0.29, 0.717) is 12.1 Å². The maximum absolute atomic E-state index is 11.3. The van der Waals surface area contributed by atoms with E-state index >= 15 is 0 Å². The lowest BCUT2D eigenvalue weighted by Crippen LogP contribution is -2.21. The fourth-order valence-electron chi connectivity index (χ4n) is 1.37. The Bertz CT molecular complexity index is 436. The molecule has 0 aliphatic rings. The number of nitrogens with one attached hydrogen (secondary N) is 2. The molecule has 0 aromatic heterocycles. The number of rotatable bonds is 5. The van der Waals surface area contributed by atoms with Crippen LogP contribution in [0.5, 0.6) is 0 Å². The van der Waals surface area contributed by atoms with Gasteiger partial charge in [0.25, 0.3) is 5.91 Å². The quantitative estimate of drug-likeness (QED) is 0.775. The molecule has 0 saturated heterocycles. The average molecular weight is 246 g/mol. The first-order valence-electron chi connectivity index (χ1n) is 5.95. The Hall–Kier alpha value is -2.10. The third-order valence-corrected chi connectivity index (χ3v) is 2.38. The molecule has 4 heteroatoms. The second kappa shape index (κ2) is 7.27. The third kappa shape index (κ3) is 4.41. The number of carbonyl (C=O) groups excluding carboxylic acids is 2. The summed E-state index contributed by atoms with van der Waals surface area (Å²) < 4.78 is 0. The van der Waals surface area contributed by atoms with Gasteiger partial charge in [-0.3, -0.25) is 9.59 Å². The molecule has 2 amide bonds. The molecule has 0 unspecified atom stereocenters. The summed E-state index contributed by atoms with van der Waals surface area (Å²) in [6.07, 6.45) is 4.13. The van der Waals surface area contributed by atoms with Crippen molar-refractivity contribution in [2.24, 2.45) is 0 Å². The Balaban J connectivity index is 2.60. The third-order valence-electron chi connectivity index (χ3n) is 2.38.